The quantitative estimate of drug-likeness (QED) is 0.608. The van der Waals surface area contributed by atoms with Crippen molar-refractivity contribution in [1.82, 2.24) is 0 Å². The Balaban J connectivity index is 2.27. The number of halogens is 1. The Bertz CT molecular complexity index is 851. The molecule has 0 amide bonds. The number of allylic oxidation sites excluding steroid dienone is 4. The molecule has 0 saturated carbocycles. The van der Waals surface area contributed by atoms with Crippen molar-refractivity contribution in [1.29, 1.82) is 0 Å². The van der Waals surface area contributed by atoms with Gasteiger partial charge in [-0.15, -0.1) is 0 Å². The average molecular weight is 304 g/mol. The van der Waals surface area contributed by atoms with Crippen molar-refractivity contribution < 1.29 is 4.39 Å². The fourth-order valence-corrected chi connectivity index (χ4v) is 3.35. The van der Waals surface area contributed by atoms with Crippen molar-refractivity contribution in [2.24, 2.45) is 0 Å². The molecule has 0 saturated heterocycles. The molecule has 0 nitrogen and oxygen atoms in total. The second-order valence-electron chi connectivity index (χ2n) is 6.09. The zero-order chi connectivity index (χ0) is 16.6. The van der Waals surface area contributed by atoms with Crippen LogP contribution in [0.25, 0.3) is 11.1 Å². The van der Waals surface area contributed by atoms with E-state index >= 15 is 0 Å². The monoisotopic (exact) mass is 304 g/mol. The second kappa shape index (κ2) is 6.00. The van der Waals surface area contributed by atoms with E-state index in [1.54, 1.807) is 12.1 Å². The Morgan fingerprint density at radius 3 is 2.52 bits per heavy atom. The SMILES string of the molecule is C=C/C=C(/c1ccccc1F)c1cc2c(c(C)c1C)CC=C2C. The van der Waals surface area contributed by atoms with Gasteiger partial charge >= 0.3 is 0 Å². The molecule has 23 heavy (non-hydrogen) atoms. The molecule has 0 aromatic heterocycles. The molecule has 116 valence electrons. The van der Waals surface area contributed by atoms with Crippen LogP contribution in [0.1, 0.15) is 40.3 Å². The second-order valence-corrected chi connectivity index (χ2v) is 6.09. The number of hydrogen-bond acceptors (Lipinski definition) is 0. The standard InChI is InChI=1S/C22H21F/c1-5-8-18(19-9-6-7-10-22(19)23)21-13-20-14(2)11-12-17(20)15(3)16(21)4/h5-11,13H,1,12H2,2-4H3/b18-8-. The van der Waals surface area contributed by atoms with E-state index in [4.69, 9.17) is 0 Å². The van der Waals surface area contributed by atoms with Crippen LogP contribution >= 0.6 is 0 Å². The Morgan fingerprint density at radius 2 is 1.83 bits per heavy atom. The predicted molar refractivity (Wildman–Crippen MR) is 96.9 cm³/mol. The van der Waals surface area contributed by atoms with Crippen molar-refractivity contribution in [3.8, 4) is 0 Å². The molecule has 0 fully saturated rings. The lowest BCUT2D eigenvalue weighted by Gasteiger charge is -2.18. The molecule has 1 heteroatoms. The average Bonchev–Trinajstić information content (AvgIpc) is 2.91. The number of benzene rings is 2. The summed E-state index contributed by atoms with van der Waals surface area (Å²) in [5.74, 6) is -0.203. The lowest BCUT2D eigenvalue weighted by atomic mass is 9.86. The summed E-state index contributed by atoms with van der Waals surface area (Å²) < 4.78 is 14.3. The van der Waals surface area contributed by atoms with Crippen LogP contribution in [0.3, 0.4) is 0 Å². The van der Waals surface area contributed by atoms with Gasteiger partial charge in [0.15, 0.2) is 0 Å². The van der Waals surface area contributed by atoms with E-state index in [9.17, 15) is 4.39 Å². The van der Waals surface area contributed by atoms with Crippen molar-refractivity contribution in [2.45, 2.75) is 27.2 Å². The Kier molecular flexibility index (Phi) is 4.04. The first-order valence-electron chi connectivity index (χ1n) is 7.92. The number of fused-ring (bicyclic) bond motifs is 1. The molecular weight excluding hydrogens is 283 g/mol. The summed E-state index contributed by atoms with van der Waals surface area (Å²) >= 11 is 0. The van der Waals surface area contributed by atoms with Crippen molar-refractivity contribution in [3.63, 3.8) is 0 Å². The van der Waals surface area contributed by atoms with Crippen LogP contribution in [0, 0.1) is 19.7 Å². The molecular formula is C22H21F. The van der Waals surface area contributed by atoms with Gasteiger partial charge in [0, 0.05) is 5.56 Å². The fraction of sp³-hybridized carbons (Fsp3) is 0.182. The molecule has 2 aromatic carbocycles. The Labute approximate surface area is 137 Å². The Morgan fingerprint density at radius 1 is 1.09 bits per heavy atom. The topological polar surface area (TPSA) is 0 Å². The molecule has 0 atom stereocenters. The summed E-state index contributed by atoms with van der Waals surface area (Å²) in [6.45, 7) is 10.2. The summed E-state index contributed by atoms with van der Waals surface area (Å²) in [7, 11) is 0. The predicted octanol–water partition coefficient (Wildman–Crippen LogP) is 6.02. The molecule has 0 aliphatic heterocycles. The minimum Gasteiger partial charge on any atom is -0.206 e. The summed E-state index contributed by atoms with van der Waals surface area (Å²) in [6, 6.07) is 9.13. The summed E-state index contributed by atoms with van der Waals surface area (Å²) in [5, 5.41) is 0. The number of rotatable bonds is 3. The van der Waals surface area contributed by atoms with Crippen LogP contribution in [-0.4, -0.2) is 0 Å². The van der Waals surface area contributed by atoms with Gasteiger partial charge in [0.25, 0.3) is 0 Å². The summed E-state index contributed by atoms with van der Waals surface area (Å²) in [5.41, 5.74) is 9.09. The number of hydrogen-bond donors (Lipinski definition) is 0. The third-order valence-electron chi connectivity index (χ3n) is 4.81. The van der Waals surface area contributed by atoms with Crippen LogP contribution < -0.4 is 0 Å². The molecule has 0 radical (unpaired) electrons. The highest BCUT2D eigenvalue weighted by atomic mass is 19.1. The lowest BCUT2D eigenvalue weighted by Crippen LogP contribution is -2.01. The van der Waals surface area contributed by atoms with Crippen molar-refractivity contribution in [2.75, 3.05) is 0 Å². The van der Waals surface area contributed by atoms with Gasteiger partial charge in [0.2, 0.25) is 0 Å². The largest absolute Gasteiger partial charge is 0.206 e. The van der Waals surface area contributed by atoms with E-state index in [0.29, 0.717) is 5.56 Å². The van der Waals surface area contributed by atoms with Gasteiger partial charge in [-0.1, -0.05) is 43.0 Å². The molecule has 0 bridgehead atoms. The third kappa shape index (κ3) is 2.57. The summed E-state index contributed by atoms with van der Waals surface area (Å²) in [6.07, 6.45) is 6.89. The highest BCUT2D eigenvalue weighted by Crippen LogP contribution is 2.37. The normalized spacial score (nSPS) is 13.7. The van der Waals surface area contributed by atoms with Crippen LogP contribution in [0.4, 0.5) is 4.39 Å². The maximum absolute atomic E-state index is 14.3. The van der Waals surface area contributed by atoms with Crippen LogP contribution in [-0.2, 0) is 6.42 Å². The maximum atomic E-state index is 14.3. The van der Waals surface area contributed by atoms with Gasteiger partial charge in [0.1, 0.15) is 5.82 Å². The van der Waals surface area contributed by atoms with Gasteiger partial charge in [-0.25, -0.2) is 4.39 Å². The van der Waals surface area contributed by atoms with Crippen molar-refractivity contribution in [3.05, 3.63) is 94.3 Å². The van der Waals surface area contributed by atoms with Crippen LogP contribution in [0.15, 0.2) is 55.1 Å². The zero-order valence-corrected chi connectivity index (χ0v) is 13.9. The molecule has 0 heterocycles. The van der Waals surface area contributed by atoms with Gasteiger partial charge in [-0.3, -0.25) is 0 Å². The molecule has 0 N–H and O–H groups in total. The molecule has 0 spiro atoms. The fourth-order valence-electron chi connectivity index (χ4n) is 3.35. The van der Waals surface area contributed by atoms with Gasteiger partial charge in [-0.05, 0) is 78.3 Å². The maximum Gasteiger partial charge on any atom is 0.131 e. The first kappa shape index (κ1) is 15.5. The molecule has 1 aliphatic carbocycles. The molecule has 2 aromatic rings. The van der Waals surface area contributed by atoms with Gasteiger partial charge in [0.05, 0.1) is 0 Å². The van der Waals surface area contributed by atoms with E-state index in [1.807, 2.05) is 18.2 Å². The minimum absolute atomic E-state index is 0.203. The smallest absolute Gasteiger partial charge is 0.131 e. The first-order valence-corrected chi connectivity index (χ1v) is 7.92. The molecule has 0 unspecified atom stereocenters. The van der Waals surface area contributed by atoms with Crippen LogP contribution in [0.2, 0.25) is 0 Å². The Hall–Kier alpha value is -2.41. The highest BCUT2D eigenvalue weighted by molar-refractivity contribution is 5.86. The van der Waals surface area contributed by atoms with Gasteiger partial charge in [-0.2, -0.15) is 0 Å². The third-order valence-corrected chi connectivity index (χ3v) is 4.81. The van der Waals surface area contributed by atoms with Gasteiger partial charge < -0.3 is 0 Å². The lowest BCUT2D eigenvalue weighted by molar-refractivity contribution is 0.624. The van der Waals surface area contributed by atoms with Crippen LogP contribution in [0.5, 0.6) is 0 Å². The van der Waals surface area contributed by atoms with E-state index in [-0.39, 0.29) is 5.82 Å². The zero-order valence-electron chi connectivity index (χ0n) is 13.9. The highest BCUT2D eigenvalue weighted by Gasteiger charge is 2.20. The van der Waals surface area contributed by atoms with E-state index < -0.39 is 0 Å². The molecule has 3 rings (SSSR count). The first-order chi connectivity index (χ1) is 11.0. The van der Waals surface area contributed by atoms with Crippen molar-refractivity contribution >= 4 is 11.1 Å². The van der Waals surface area contributed by atoms with E-state index in [2.05, 4.69) is 39.5 Å². The minimum atomic E-state index is -0.203. The van der Waals surface area contributed by atoms with E-state index in [1.165, 1.54) is 33.9 Å². The van der Waals surface area contributed by atoms with E-state index in [0.717, 1.165) is 17.6 Å². The summed E-state index contributed by atoms with van der Waals surface area (Å²) in [4.78, 5) is 0. The molecule has 1 aliphatic rings.